The Morgan fingerprint density at radius 3 is 2.55 bits per heavy atom. The van der Waals surface area contributed by atoms with Crippen molar-refractivity contribution in [2.75, 3.05) is 19.6 Å². The van der Waals surface area contributed by atoms with E-state index in [9.17, 15) is 17.6 Å². The zero-order valence-corrected chi connectivity index (χ0v) is 13.2. The molecule has 1 fully saturated rings. The van der Waals surface area contributed by atoms with Crippen LogP contribution in [0.5, 0.6) is 0 Å². The standard InChI is InChI=1S/C15H20F4N2.ClH/c1-2-5-21(14-3-4-20-9-14)10-11-6-12(15(17,18)19)8-13(16)7-11;/h6-8,14,20H,2-5,9-10H2,1H3;1H. The number of halogens is 5. The lowest BCUT2D eigenvalue weighted by atomic mass is 10.1. The molecule has 1 saturated heterocycles. The van der Waals surface area contributed by atoms with Gasteiger partial charge in [-0.25, -0.2) is 4.39 Å². The van der Waals surface area contributed by atoms with Crippen LogP contribution in [0.25, 0.3) is 0 Å². The molecule has 1 heterocycles. The number of hydrogen-bond acceptors (Lipinski definition) is 2. The van der Waals surface area contributed by atoms with Gasteiger partial charge in [-0.2, -0.15) is 13.2 Å². The molecular formula is C15H21ClF4N2. The van der Waals surface area contributed by atoms with Gasteiger partial charge in [-0.1, -0.05) is 6.92 Å². The second-order valence-electron chi connectivity index (χ2n) is 5.46. The molecule has 2 nitrogen and oxygen atoms in total. The summed E-state index contributed by atoms with van der Waals surface area (Å²) in [6.45, 7) is 4.93. The Labute approximate surface area is 134 Å². The summed E-state index contributed by atoms with van der Waals surface area (Å²) in [6.07, 6.45) is -2.62. The van der Waals surface area contributed by atoms with Crippen LogP contribution in [-0.4, -0.2) is 30.6 Å². The van der Waals surface area contributed by atoms with Gasteiger partial charge in [0, 0.05) is 19.1 Å². The first-order valence-electron chi connectivity index (χ1n) is 7.21. The number of alkyl halides is 3. The second-order valence-corrected chi connectivity index (χ2v) is 5.46. The molecule has 1 aliphatic heterocycles. The zero-order valence-electron chi connectivity index (χ0n) is 12.4. The number of rotatable bonds is 5. The Hall–Kier alpha value is -0.850. The molecule has 0 amide bonds. The van der Waals surface area contributed by atoms with E-state index < -0.39 is 17.6 Å². The lowest BCUT2D eigenvalue weighted by molar-refractivity contribution is -0.137. The molecule has 0 bridgehead atoms. The Balaban J connectivity index is 0.00000242. The van der Waals surface area contributed by atoms with Crippen LogP contribution in [0, 0.1) is 5.82 Å². The van der Waals surface area contributed by atoms with Crippen LogP contribution >= 0.6 is 12.4 Å². The average Bonchev–Trinajstić information content (AvgIpc) is 2.90. The van der Waals surface area contributed by atoms with E-state index in [-0.39, 0.29) is 12.4 Å². The molecule has 1 atom stereocenters. The van der Waals surface area contributed by atoms with Crippen molar-refractivity contribution in [2.24, 2.45) is 0 Å². The SMILES string of the molecule is CCCN(Cc1cc(F)cc(C(F)(F)F)c1)C1CCNC1.Cl. The molecule has 0 saturated carbocycles. The topological polar surface area (TPSA) is 15.3 Å². The van der Waals surface area contributed by atoms with E-state index in [1.54, 1.807) is 0 Å². The molecule has 2 rings (SSSR count). The molecule has 7 heteroatoms. The lowest BCUT2D eigenvalue weighted by Crippen LogP contribution is -2.37. The fraction of sp³-hybridized carbons (Fsp3) is 0.600. The summed E-state index contributed by atoms with van der Waals surface area (Å²) in [5.41, 5.74) is -0.541. The van der Waals surface area contributed by atoms with E-state index in [0.717, 1.165) is 38.5 Å². The quantitative estimate of drug-likeness (QED) is 0.819. The normalized spacial score (nSPS) is 18.5. The summed E-state index contributed by atoms with van der Waals surface area (Å²) >= 11 is 0. The summed E-state index contributed by atoms with van der Waals surface area (Å²) in [5, 5.41) is 3.25. The molecule has 0 radical (unpaired) electrons. The summed E-state index contributed by atoms with van der Waals surface area (Å²) in [5.74, 6) is -0.833. The third-order valence-corrected chi connectivity index (χ3v) is 3.73. The van der Waals surface area contributed by atoms with Crippen molar-refractivity contribution in [1.29, 1.82) is 0 Å². The summed E-state index contributed by atoms with van der Waals surface area (Å²) in [6, 6.07) is 3.10. The number of nitrogens with one attached hydrogen (secondary N) is 1. The number of hydrogen-bond donors (Lipinski definition) is 1. The Bertz CT molecular complexity index is 473. The molecular weight excluding hydrogens is 320 g/mol. The molecule has 1 N–H and O–H groups in total. The fourth-order valence-electron chi connectivity index (χ4n) is 2.77. The maximum atomic E-state index is 13.4. The maximum absolute atomic E-state index is 13.4. The molecule has 1 aromatic rings. The first kappa shape index (κ1) is 19.2. The average molecular weight is 341 g/mol. The maximum Gasteiger partial charge on any atom is 0.416 e. The van der Waals surface area contributed by atoms with Gasteiger partial charge in [0.05, 0.1) is 5.56 Å². The van der Waals surface area contributed by atoms with Crippen LogP contribution in [0.15, 0.2) is 18.2 Å². The minimum Gasteiger partial charge on any atom is -0.315 e. The highest BCUT2D eigenvalue weighted by molar-refractivity contribution is 5.85. The van der Waals surface area contributed by atoms with E-state index in [1.165, 1.54) is 6.07 Å². The zero-order chi connectivity index (χ0) is 15.5. The van der Waals surface area contributed by atoms with E-state index >= 15 is 0 Å². The molecule has 1 aliphatic rings. The Morgan fingerprint density at radius 2 is 2.00 bits per heavy atom. The number of nitrogens with zero attached hydrogens (tertiary/aromatic N) is 1. The van der Waals surface area contributed by atoms with Gasteiger partial charge in [0.15, 0.2) is 0 Å². The van der Waals surface area contributed by atoms with Gasteiger partial charge in [0.2, 0.25) is 0 Å². The van der Waals surface area contributed by atoms with Crippen molar-refractivity contribution >= 4 is 12.4 Å². The Kier molecular flexibility index (Phi) is 7.09. The van der Waals surface area contributed by atoms with E-state index in [1.807, 2.05) is 6.92 Å². The van der Waals surface area contributed by atoms with Gasteiger partial charge in [0.1, 0.15) is 5.82 Å². The van der Waals surface area contributed by atoms with Crippen molar-refractivity contribution in [3.8, 4) is 0 Å². The third kappa shape index (κ3) is 5.11. The van der Waals surface area contributed by atoms with Crippen LogP contribution in [0.2, 0.25) is 0 Å². The van der Waals surface area contributed by atoms with Crippen molar-refractivity contribution < 1.29 is 17.6 Å². The second kappa shape index (κ2) is 8.13. The highest BCUT2D eigenvalue weighted by atomic mass is 35.5. The lowest BCUT2D eigenvalue weighted by Gasteiger charge is -2.28. The van der Waals surface area contributed by atoms with Gasteiger partial charge in [0.25, 0.3) is 0 Å². The van der Waals surface area contributed by atoms with Crippen molar-refractivity contribution in [2.45, 2.75) is 38.5 Å². The molecule has 0 aromatic heterocycles. The third-order valence-electron chi connectivity index (χ3n) is 3.73. The van der Waals surface area contributed by atoms with Gasteiger partial charge >= 0.3 is 6.18 Å². The largest absolute Gasteiger partial charge is 0.416 e. The summed E-state index contributed by atoms with van der Waals surface area (Å²) in [7, 11) is 0. The van der Waals surface area contributed by atoms with Crippen LogP contribution in [-0.2, 0) is 12.7 Å². The smallest absolute Gasteiger partial charge is 0.315 e. The fourth-order valence-corrected chi connectivity index (χ4v) is 2.77. The predicted octanol–water partition coefficient (Wildman–Crippen LogP) is 3.84. The monoisotopic (exact) mass is 340 g/mol. The van der Waals surface area contributed by atoms with Crippen molar-refractivity contribution in [1.82, 2.24) is 10.2 Å². The number of benzene rings is 1. The summed E-state index contributed by atoms with van der Waals surface area (Å²) < 4.78 is 51.7. The molecule has 0 spiro atoms. The highest BCUT2D eigenvalue weighted by Gasteiger charge is 2.31. The first-order chi connectivity index (χ1) is 9.90. The van der Waals surface area contributed by atoms with Crippen LogP contribution in [0.3, 0.4) is 0 Å². The van der Waals surface area contributed by atoms with Crippen LogP contribution < -0.4 is 5.32 Å². The van der Waals surface area contributed by atoms with E-state index in [2.05, 4.69) is 10.2 Å². The van der Waals surface area contributed by atoms with E-state index in [0.29, 0.717) is 24.2 Å². The van der Waals surface area contributed by atoms with Crippen molar-refractivity contribution in [3.05, 3.63) is 35.1 Å². The Morgan fingerprint density at radius 1 is 1.27 bits per heavy atom. The van der Waals surface area contributed by atoms with Crippen molar-refractivity contribution in [3.63, 3.8) is 0 Å². The first-order valence-corrected chi connectivity index (χ1v) is 7.21. The van der Waals surface area contributed by atoms with Crippen LogP contribution in [0.1, 0.15) is 30.9 Å². The van der Waals surface area contributed by atoms with E-state index in [4.69, 9.17) is 0 Å². The molecule has 1 aromatic carbocycles. The minimum absolute atomic E-state index is 0. The van der Waals surface area contributed by atoms with Gasteiger partial charge < -0.3 is 5.32 Å². The minimum atomic E-state index is -4.51. The molecule has 126 valence electrons. The molecule has 0 aliphatic carbocycles. The molecule has 1 unspecified atom stereocenters. The van der Waals surface area contributed by atoms with Gasteiger partial charge in [-0.15, -0.1) is 12.4 Å². The van der Waals surface area contributed by atoms with Gasteiger partial charge in [-0.05, 0) is 49.7 Å². The van der Waals surface area contributed by atoms with Crippen LogP contribution in [0.4, 0.5) is 17.6 Å². The highest BCUT2D eigenvalue weighted by Crippen LogP contribution is 2.31. The summed E-state index contributed by atoms with van der Waals surface area (Å²) in [4.78, 5) is 2.13. The molecule has 22 heavy (non-hydrogen) atoms. The predicted molar refractivity (Wildman–Crippen MR) is 80.6 cm³/mol. The van der Waals surface area contributed by atoms with Gasteiger partial charge in [-0.3, -0.25) is 4.90 Å².